The van der Waals surface area contributed by atoms with E-state index in [0.29, 0.717) is 25.1 Å². The molecule has 0 aliphatic rings. The number of nitrogens with one attached hydrogen (secondary N) is 3. The molecule has 0 atom stereocenters. The first-order chi connectivity index (χ1) is 21.2. The van der Waals surface area contributed by atoms with Crippen molar-refractivity contribution in [3.63, 3.8) is 0 Å². The molecule has 9 nitrogen and oxygen atoms in total. The highest BCUT2D eigenvalue weighted by atomic mass is 32.2. The Kier molecular flexibility index (Phi) is 11.3. The number of hydrazine groups is 1. The molecule has 3 N–H and O–H groups in total. The van der Waals surface area contributed by atoms with E-state index in [-0.39, 0.29) is 37.4 Å². The molecule has 0 aromatic heterocycles. The molecule has 10 heteroatoms. The predicted molar refractivity (Wildman–Crippen MR) is 176 cm³/mol. The molecule has 0 aliphatic heterocycles. The fraction of sp³-hybridized carbons (Fsp3) is 0.400. The average molecular weight is 630 g/mol. The van der Waals surface area contributed by atoms with Crippen LogP contribution in [0.2, 0.25) is 0 Å². The second-order valence-electron chi connectivity index (χ2n) is 12.3. The smallest absolute Gasteiger partial charge is 0.333 e. The first-order valence-corrected chi connectivity index (χ1v) is 16.6. The highest BCUT2D eigenvalue weighted by molar-refractivity contribution is 7.91. The Labute approximate surface area is 267 Å². The molecule has 0 fully saturated rings. The summed E-state index contributed by atoms with van der Waals surface area (Å²) in [6.07, 6.45) is 2.51. The number of aryl methyl sites for hydroxylation is 1. The lowest BCUT2D eigenvalue weighted by Crippen LogP contribution is -2.40. The zero-order chi connectivity index (χ0) is 33.4. The van der Waals surface area contributed by atoms with E-state index in [0.717, 1.165) is 30.2 Å². The third kappa shape index (κ3) is 8.14. The van der Waals surface area contributed by atoms with Crippen molar-refractivity contribution in [2.45, 2.75) is 88.3 Å². The van der Waals surface area contributed by atoms with Gasteiger partial charge in [-0.2, -0.15) is 10.5 Å². The van der Waals surface area contributed by atoms with E-state index in [1.54, 1.807) is 25.1 Å². The summed E-state index contributed by atoms with van der Waals surface area (Å²) < 4.78 is 33.3. The summed E-state index contributed by atoms with van der Waals surface area (Å²) in [5.41, 5.74) is 7.86. The van der Waals surface area contributed by atoms with Gasteiger partial charge < -0.3 is 10.1 Å². The highest BCUT2D eigenvalue weighted by Gasteiger charge is 2.27. The van der Waals surface area contributed by atoms with Crippen LogP contribution in [0.1, 0.15) is 88.6 Å². The summed E-state index contributed by atoms with van der Waals surface area (Å²) in [6, 6.07) is 18.4. The van der Waals surface area contributed by atoms with Gasteiger partial charge in [-0.05, 0) is 72.4 Å². The Morgan fingerprint density at radius 3 is 2.16 bits per heavy atom. The third-order valence-electron chi connectivity index (χ3n) is 8.47. The van der Waals surface area contributed by atoms with Gasteiger partial charge in [0, 0.05) is 12.1 Å². The molecule has 2 amide bonds. The van der Waals surface area contributed by atoms with Crippen molar-refractivity contribution in [1.29, 1.82) is 10.5 Å². The van der Waals surface area contributed by atoms with Gasteiger partial charge in [0.1, 0.15) is 17.9 Å². The predicted octanol–water partition coefficient (Wildman–Crippen LogP) is 7.04. The Bertz CT molecular complexity index is 1730. The first kappa shape index (κ1) is 34.9. The maximum atomic E-state index is 13.6. The van der Waals surface area contributed by atoms with Crippen LogP contribution in [0, 0.1) is 29.6 Å². The second kappa shape index (κ2) is 14.5. The van der Waals surface area contributed by atoms with Gasteiger partial charge in [0.15, 0.2) is 0 Å². The van der Waals surface area contributed by atoms with Gasteiger partial charge in [0.05, 0.1) is 33.2 Å². The lowest BCUT2D eigenvalue weighted by Gasteiger charge is -2.30. The number of nitrogens with zero attached hydrogens (tertiary/aromatic N) is 2. The minimum absolute atomic E-state index is 0.0278. The number of anilines is 1. The molecule has 0 aliphatic carbocycles. The van der Waals surface area contributed by atoms with Crippen LogP contribution in [-0.2, 0) is 20.7 Å². The Morgan fingerprint density at radius 2 is 1.53 bits per heavy atom. The lowest BCUT2D eigenvalue weighted by atomic mass is 9.76. The van der Waals surface area contributed by atoms with E-state index >= 15 is 0 Å². The number of amides is 2. The molecule has 45 heavy (non-hydrogen) atoms. The summed E-state index contributed by atoms with van der Waals surface area (Å²) in [5.74, 6) is 0.833. The van der Waals surface area contributed by atoms with Crippen molar-refractivity contribution in [2.75, 3.05) is 18.6 Å². The minimum atomic E-state index is -4.10. The number of hydrogen-bond donors (Lipinski definition) is 3. The summed E-state index contributed by atoms with van der Waals surface area (Å²) >= 11 is 0. The van der Waals surface area contributed by atoms with E-state index < -0.39 is 15.9 Å². The molecule has 0 heterocycles. The van der Waals surface area contributed by atoms with Gasteiger partial charge in [0.2, 0.25) is 9.84 Å². The molecule has 238 valence electrons. The number of ether oxygens (including phenoxy) is 1. The number of nitriles is 2. The molecule has 0 radical (unpaired) electrons. The van der Waals surface area contributed by atoms with E-state index in [4.69, 9.17) is 4.74 Å². The SMILES string of the molecule is CCC(C)(C)c1ccc(OCCCNC(=O)NNc2cc(C#N)c(C#N)cc2S(=O)(=O)c2ccccc2C)c(C(C)(C)CC)c1. The normalized spacial score (nSPS) is 11.7. The van der Waals surface area contributed by atoms with E-state index in [1.807, 2.05) is 18.2 Å². The number of carbonyl (C=O) groups is 1. The molecule has 3 aromatic rings. The highest BCUT2D eigenvalue weighted by Crippen LogP contribution is 2.38. The maximum absolute atomic E-state index is 13.6. The van der Waals surface area contributed by atoms with Gasteiger partial charge in [-0.25, -0.2) is 13.2 Å². The van der Waals surface area contributed by atoms with Crippen molar-refractivity contribution in [2.24, 2.45) is 0 Å². The number of carbonyl (C=O) groups excluding carboxylic acids is 1. The number of rotatable bonds is 13. The van der Waals surface area contributed by atoms with Crippen molar-refractivity contribution in [3.8, 4) is 17.9 Å². The van der Waals surface area contributed by atoms with Crippen LogP contribution in [0.3, 0.4) is 0 Å². The van der Waals surface area contributed by atoms with Gasteiger partial charge in [0.25, 0.3) is 0 Å². The van der Waals surface area contributed by atoms with Crippen LogP contribution in [0.5, 0.6) is 5.75 Å². The number of benzene rings is 3. The van der Waals surface area contributed by atoms with Crippen LogP contribution in [0.15, 0.2) is 64.4 Å². The molecule has 0 saturated carbocycles. The molecule has 0 unspecified atom stereocenters. The fourth-order valence-corrected chi connectivity index (χ4v) is 6.35. The van der Waals surface area contributed by atoms with Crippen molar-refractivity contribution in [1.82, 2.24) is 10.7 Å². The summed E-state index contributed by atoms with van der Waals surface area (Å²) in [7, 11) is -4.10. The number of hydrogen-bond acceptors (Lipinski definition) is 7. The maximum Gasteiger partial charge on any atom is 0.333 e. The Balaban J connectivity index is 1.67. The van der Waals surface area contributed by atoms with E-state index in [9.17, 15) is 23.7 Å². The summed E-state index contributed by atoms with van der Waals surface area (Å²) in [6.45, 7) is 15.6. The zero-order valence-electron chi connectivity index (χ0n) is 27.2. The molecule has 3 aromatic carbocycles. The molecule has 0 saturated heterocycles. The van der Waals surface area contributed by atoms with Crippen LogP contribution >= 0.6 is 0 Å². The minimum Gasteiger partial charge on any atom is -0.493 e. The van der Waals surface area contributed by atoms with Gasteiger partial charge in [-0.15, -0.1) is 0 Å². The number of urea groups is 1. The molecular formula is C35H43N5O4S. The summed E-state index contributed by atoms with van der Waals surface area (Å²) in [4.78, 5) is 12.4. The third-order valence-corrected chi connectivity index (χ3v) is 10.4. The lowest BCUT2D eigenvalue weighted by molar-refractivity contribution is 0.240. The van der Waals surface area contributed by atoms with Crippen LogP contribution in [0.25, 0.3) is 0 Å². The molecule has 0 bridgehead atoms. The fourth-order valence-electron chi connectivity index (χ4n) is 4.69. The van der Waals surface area contributed by atoms with E-state index in [2.05, 4.69) is 69.8 Å². The Hall–Kier alpha value is -4.54. The van der Waals surface area contributed by atoms with Crippen molar-refractivity contribution in [3.05, 3.63) is 82.4 Å². The van der Waals surface area contributed by atoms with Crippen LogP contribution in [-0.4, -0.2) is 27.6 Å². The molecule has 0 spiro atoms. The number of sulfone groups is 1. The van der Waals surface area contributed by atoms with Crippen LogP contribution in [0.4, 0.5) is 10.5 Å². The second-order valence-corrected chi connectivity index (χ2v) is 14.2. The quantitative estimate of drug-likeness (QED) is 0.136. The molecule has 3 rings (SSSR count). The van der Waals surface area contributed by atoms with E-state index in [1.165, 1.54) is 17.7 Å². The van der Waals surface area contributed by atoms with Crippen molar-refractivity contribution < 1.29 is 17.9 Å². The summed E-state index contributed by atoms with van der Waals surface area (Å²) in [5, 5.41) is 21.7. The monoisotopic (exact) mass is 629 g/mol. The first-order valence-electron chi connectivity index (χ1n) is 15.1. The topological polar surface area (TPSA) is 144 Å². The largest absolute Gasteiger partial charge is 0.493 e. The van der Waals surface area contributed by atoms with Gasteiger partial charge in [-0.3, -0.25) is 10.9 Å². The zero-order valence-corrected chi connectivity index (χ0v) is 28.0. The van der Waals surface area contributed by atoms with Gasteiger partial charge in [-0.1, -0.05) is 71.9 Å². The standard InChI is InChI=1S/C35H43N5O4S/c1-8-34(4,5)27-15-16-30(28(21-27)35(6,7)9-2)44-18-12-17-38-33(41)40-39-29-19-25(22-36)26(23-37)20-32(29)45(42,43)31-14-11-10-13-24(31)3/h10-11,13-16,19-21,39H,8-9,12,17-18H2,1-7H3,(H2,38,40,41). The average Bonchev–Trinajstić information content (AvgIpc) is 3.03. The Morgan fingerprint density at radius 1 is 0.889 bits per heavy atom. The van der Waals surface area contributed by atoms with Crippen molar-refractivity contribution >= 4 is 21.6 Å². The van der Waals surface area contributed by atoms with Crippen LogP contribution < -0.4 is 20.9 Å². The molecular weight excluding hydrogens is 586 g/mol. The van der Waals surface area contributed by atoms with Gasteiger partial charge >= 0.3 is 6.03 Å².